The van der Waals surface area contributed by atoms with Gasteiger partial charge in [0.25, 0.3) is 5.91 Å². The summed E-state index contributed by atoms with van der Waals surface area (Å²) in [7, 11) is 1.33. The van der Waals surface area contributed by atoms with E-state index >= 15 is 0 Å². The van der Waals surface area contributed by atoms with Crippen molar-refractivity contribution >= 4 is 50.6 Å². The molecule has 148 valence electrons. The first-order valence-electron chi connectivity index (χ1n) is 8.89. The average molecular weight is 427 g/mol. The molecule has 1 N–H and O–H groups in total. The van der Waals surface area contributed by atoms with Crippen LogP contribution in [0.5, 0.6) is 0 Å². The lowest BCUT2D eigenvalue weighted by Crippen LogP contribution is -2.12. The summed E-state index contributed by atoms with van der Waals surface area (Å²) in [6.07, 6.45) is 1.67. The molecule has 29 heavy (non-hydrogen) atoms. The number of pyridine rings is 1. The molecular weight excluding hydrogens is 408 g/mol. The molecule has 0 bridgehead atoms. The Bertz CT molecular complexity index is 1190. The Morgan fingerprint density at radius 2 is 2.07 bits per heavy atom. The highest BCUT2D eigenvalue weighted by Gasteiger charge is 2.20. The largest absolute Gasteiger partial charge is 0.465 e. The molecule has 0 saturated heterocycles. The Hall–Kier alpha value is -3.04. The number of thiophene rings is 2. The van der Waals surface area contributed by atoms with Gasteiger partial charge in [-0.1, -0.05) is 6.07 Å². The minimum atomic E-state index is -0.431. The zero-order valence-electron chi connectivity index (χ0n) is 16.0. The Morgan fingerprint density at radius 1 is 1.24 bits per heavy atom. The lowest BCUT2D eigenvalue weighted by molar-refractivity contribution is 0.0606. The summed E-state index contributed by atoms with van der Waals surface area (Å²) in [6.45, 7) is 4.04. The molecule has 0 saturated carbocycles. The van der Waals surface area contributed by atoms with Crippen molar-refractivity contribution in [3.8, 4) is 10.6 Å². The Labute approximate surface area is 175 Å². The van der Waals surface area contributed by atoms with Gasteiger partial charge in [-0.05, 0) is 43.5 Å². The molecule has 0 aliphatic rings. The molecule has 4 aromatic heterocycles. The third-order valence-electron chi connectivity index (χ3n) is 4.30. The van der Waals surface area contributed by atoms with E-state index in [9.17, 15) is 9.59 Å². The van der Waals surface area contributed by atoms with Gasteiger partial charge in [0.05, 0.1) is 39.8 Å². The van der Waals surface area contributed by atoms with Crippen LogP contribution >= 0.6 is 22.7 Å². The number of nitrogens with one attached hydrogen (secondary N) is 1. The molecule has 0 radical (unpaired) electrons. The predicted molar refractivity (Wildman–Crippen MR) is 115 cm³/mol. The van der Waals surface area contributed by atoms with E-state index < -0.39 is 5.97 Å². The number of aromatic nitrogens is 3. The molecule has 9 heteroatoms. The van der Waals surface area contributed by atoms with Gasteiger partial charge in [0.15, 0.2) is 5.65 Å². The Morgan fingerprint density at radius 3 is 2.76 bits per heavy atom. The Kier molecular flexibility index (Phi) is 5.16. The molecule has 0 unspecified atom stereocenters. The van der Waals surface area contributed by atoms with Crippen molar-refractivity contribution in [2.75, 3.05) is 12.4 Å². The van der Waals surface area contributed by atoms with Gasteiger partial charge < -0.3 is 10.1 Å². The van der Waals surface area contributed by atoms with E-state index in [0.717, 1.165) is 10.6 Å². The minimum Gasteiger partial charge on any atom is -0.465 e. The van der Waals surface area contributed by atoms with Crippen LogP contribution in [0.1, 0.15) is 39.9 Å². The van der Waals surface area contributed by atoms with Crippen LogP contribution in [-0.4, -0.2) is 33.8 Å². The number of rotatable bonds is 5. The van der Waals surface area contributed by atoms with Crippen molar-refractivity contribution < 1.29 is 14.3 Å². The number of carbonyl (C=O) groups is 2. The maximum Gasteiger partial charge on any atom is 0.348 e. The second kappa shape index (κ2) is 7.76. The molecule has 0 aliphatic carbocycles. The van der Waals surface area contributed by atoms with Crippen molar-refractivity contribution in [3.63, 3.8) is 0 Å². The van der Waals surface area contributed by atoms with E-state index in [1.54, 1.807) is 35.7 Å². The summed E-state index contributed by atoms with van der Waals surface area (Å²) >= 11 is 2.73. The van der Waals surface area contributed by atoms with Gasteiger partial charge >= 0.3 is 5.97 Å². The number of fused-ring (bicyclic) bond motifs is 1. The number of anilines is 1. The number of carbonyl (C=O) groups excluding carboxylic acids is 2. The van der Waals surface area contributed by atoms with Gasteiger partial charge in [0.1, 0.15) is 4.88 Å². The molecule has 1 amide bonds. The van der Waals surface area contributed by atoms with E-state index in [1.165, 1.54) is 18.4 Å². The van der Waals surface area contributed by atoms with E-state index in [1.807, 2.05) is 36.0 Å². The van der Waals surface area contributed by atoms with Crippen LogP contribution in [0.4, 0.5) is 5.00 Å². The molecule has 4 heterocycles. The molecule has 7 nitrogen and oxygen atoms in total. The summed E-state index contributed by atoms with van der Waals surface area (Å²) in [5.74, 6) is -0.711. The number of hydrogen-bond donors (Lipinski definition) is 1. The second-order valence-corrected chi connectivity index (χ2v) is 8.59. The monoisotopic (exact) mass is 426 g/mol. The molecule has 0 fully saturated rings. The van der Waals surface area contributed by atoms with Crippen molar-refractivity contribution in [1.82, 2.24) is 14.8 Å². The summed E-state index contributed by atoms with van der Waals surface area (Å²) in [5, 5.41) is 10.5. The van der Waals surface area contributed by atoms with Gasteiger partial charge in [-0.2, -0.15) is 5.10 Å². The third-order valence-corrected chi connectivity index (χ3v) is 6.18. The smallest absolute Gasteiger partial charge is 0.348 e. The first-order chi connectivity index (χ1) is 14.0. The first kappa shape index (κ1) is 19.3. The highest BCUT2D eigenvalue weighted by Crippen LogP contribution is 2.30. The lowest BCUT2D eigenvalue weighted by Gasteiger charge is -2.10. The first-order valence-corrected chi connectivity index (χ1v) is 10.6. The summed E-state index contributed by atoms with van der Waals surface area (Å²) in [6, 6.07) is 9.12. The van der Waals surface area contributed by atoms with Crippen LogP contribution in [0.3, 0.4) is 0 Å². The maximum atomic E-state index is 13.1. The molecule has 4 aromatic rings. The van der Waals surface area contributed by atoms with Crippen molar-refractivity contribution in [1.29, 1.82) is 0 Å². The average Bonchev–Trinajstić information content (AvgIpc) is 3.45. The van der Waals surface area contributed by atoms with Gasteiger partial charge in [-0.25, -0.2) is 14.5 Å². The maximum absolute atomic E-state index is 13.1. The van der Waals surface area contributed by atoms with Crippen LogP contribution < -0.4 is 5.32 Å². The van der Waals surface area contributed by atoms with Gasteiger partial charge in [-0.3, -0.25) is 4.79 Å². The van der Waals surface area contributed by atoms with Crippen LogP contribution in [0.25, 0.3) is 21.6 Å². The van der Waals surface area contributed by atoms with E-state index in [2.05, 4.69) is 10.4 Å². The normalized spacial score (nSPS) is 11.2. The summed E-state index contributed by atoms with van der Waals surface area (Å²) in [5.41, 5.74) is 1.87. The zero-order chi connectivity index (χ0) is 20.5. The Balaban J connectivity index is 1.76. The fraction of sp³-hybridized carbons (Fsp3) is 0.200. The van der Waals surface area contributed by atoms with Crippen molar-refractivity contribution in [2.45, 2.75) is 19.9 Å². The van der Waals surface area contributed by atoms with E-state index in [0.29, 0.717) is 26.5 Å². The number of hydrogen-bond acceptors (Lipinski definition) is 7. The highest BCUT2D eigenvalue weighted by molar-refractivity contribution is 7.18. The summed E-state index contributed by atoms with van der Waals surface area (Å²) in [4.78, 5) is 30.9. The molecule has 0 aromatic carbocycles. The van der Waals surface area contributed by atoms with Gasteiger partial charge in [0, 0.05) is 6.04 Å². The number of methoxy groups -OCH3 is 1. The van der Waals surface area contributed by atoms with E-state index in [4.69, 9.17) is 9.72 Å². The number of ether oxygens (including phenoxy) is 1. The lowest BCUT2D eigenvalue weighted by atomic mass is 10.1. The minimum absolute atomic E-state index is 0.106. The SMILES string of the molecule is COC(=O)c1ccc(NC(=O)c2cc(-c3cccs3)nc3c2cnn3C(C)C)s1. The molecule has 0 spiro atoms. The fourth-order valence-corrected chi connectivity index (χ4v) is 4.43. The number of esters is 1. The second-order valence-electron chi connectivity index (χ2n) is 6.56. The standard InChI is InChI=1S/C20H18N4O3S2/c1-11(2)24-18-13(10-21-24)12(9-14(22-18)15-5-4-8-28-15)19(25)23-17-7-6-16(29-17)20(26)27-3/h4-11H,1-3H3,(H,23,25). The van der Waals surface area contributed by atoms with Crippen LogP contribution in [0.2, 0.25) is 0 Å². The topological polar surface area (TPSA) is 86.1 Å². The van der Waals surface area contributed by atoms with Crippen molar-refractivity contribution in [3.05, 3.63) is 52.3 Å². The van der Waals surface area contributed by atoms with Gasteiger partial charge in [0.2, 0.25) is 0 Å². The number of nitrogens with zero attached hydrogens (tertiary/aromatic N) is 3. The van der Waals surface area contributed by atoms with Crippen molar-refractivity contribution in [2.24, 2.45) is 0 Å². The summed E-state index contributed by atoms with van der Waals surface area (Å²) < 4.78 is 6.53. The van der Waals surface area contributed by atoms with Crippen LogP contribution in [0, 0.1) is 0 Å². The zero-order valence-corrected chi connectivity index (χ0v) is 17.6. The van der Waals surface area contributed by atoms with Gasteiger partial charge in [-0.15, -0.1) is 22.7 Å². The molecule has 0 atom stereocenters. The molecule has 0 aliphatic heterocycles. The number of amides is 1. The molecule has 4 rings (SSSR count). The van der Waals surface area contributed by atoms with Crippen LogP contribution in [-0.2, 0) is 4.74 Å². The quantitative estimate of drug-likeness (QED) is 0.462. The third kappa shape index (κ3) is 3.66. The highest BCUT2D eigenvalue weighted by atomic mass is 32.1. The van der Waals surface area contributed by atoms with Crippen LogP contribution in [0.15, 0.2) is 41.9 Å². The van der Waals surface area contributed by atoms with E-state index in [-0.39, 0.29) is 11.9 Å². The molecular formula is C20H18N4O3S2. The fourth-order valence-electron chi connectivity index (χ4n) is 2.93. The predicted octanol–water partition coefficient (Wildman–Crippen LogP) is 4.84.